The average Bonchev–Trinajstić information content (AvgIpc) is 2.70. The summed E-state index contributed by atoms with van der Waals surface area (Å²) in [4.78, 5) is 49.5. The van der Waals surface area contributed by atoms with Gasteiger partial charge in [-0.2, -0.15) is 0 Å². The van der Waals surface area contributed by atoms with E-state index in [1.165, 1.54) is 40.4 Å². The molecule has 1 amide bonds. The number of para-hydroxylation sites is 1. The summed E-state index contributed by atoms with van der Waals surface area (Å²) in [5.41, 5.74) is 18.8. The molecule has 4 aliphatic heterocycles. The summed E-state index contributed by atoms with van der Waals surface area (Å²) < 4.78 is 116. The molecule has 31 heteroatoms. The number of hydrogen-bond donors (Lipinski definition) is 2. The van der Waals surface area contributed by atoms with Crippen LogP contribution in [0.2, 0.25) is 0 Å². The highest BCUT2D eigenvalue weighted by Crippen LogP contribution is 2.65. The highest BCUT2D eigenvalue weighted by atomic mass is 32.7. The second kappa shape index (κ2) is 23.4. The predicted octanol–water partition coefficient (Wildman–Crippen LogP) is 7.99. The molecule has 442 valence electrons. The summed E-state index contributed by atoms with van der Waals surface area (Å²) in [6.07, 6.45) is -7.81. The molecule has 0 aliphatic carbocycles. The molecular formula is C55H52BF2N13O12P2S. The van der Waals surface area contributed by atoms with Crippen molar-refractivity contribution in [2.45, 2.75) is 81.4 Å². The number of benzene rings is 4. The molecule has 0 spiro atoms. The lowest BCUT2D eigenvalue weighted by Crippen LogP contribution is -2.37. The molecule has 5 aromatic heterocycles. The second-order valence-electron chi connectivity index (χ2n) is 20.5. The standard InChI is InChI=1S/C55H52BF2N13O12P2S/c1-2-41(72)68-23-32-7-3-4-8-35(32)44-47(36-9-5-6-10-38(36)68)71(67-66-44)21-22-76-33-17-13-31(14-18-33)55(73)79-34-15-11-30(12-16-34)26-86-85(75)78-25-40-48(42(57)53(81-40)70-29-65-46-50(60)62-27-63-52(46)70)82-84(56,74)77-24-39-49(83-85)43(58)54(80-39)69-28-64-45-37(59)19-20-61-51(45)69/h3-20,27-29,39-40,42-43,48-49,53-54H,2,21-26,56H2,1H3,(H2,59,61)(H2,60,62,63)/t39-,40-,42-,43-,48-,49-,53-,54-,84-,85+/m1/s1. The number of halogens is 2. The largest absolute Gasteiger partial charge is 0.492 e. The van der Waals surface area contributed by atoms with Crippen LogP contribution in [0.5, 0.6) is 11.5 Å². The monoisotopic (exact) mass is 1230 g/mol. The molecule has 3 saturated heterocycles. The van der Waals surface area contributed by atoms with Crippen LogP contribution in [0, 0.1) is 0 Å². The normalized spacial score (nSPS) is 25.6. The third-order valence-electron chi connectivity index (χ3n) is 15.0. The van der Waals surface area contributed by atoms with Crippen LogP contribution < -0.4 is 25.8 Å². The van der Waals surface area contributed by atoms with Crippen molar-refractivity contribution in [3.63, 3.8) is 0 Å². The van der Waals surface area contributed by atoms with Gasteiger partial charge in [0.15, 0.2) is 41.9 Å². The maximum absolute atomic E-state index is 17.1. The molecule has 0 saturated carbocycles. The van der Waals surface area contributed by atoms with Crippen LogP contribution in [0.25, 0.3) is 44.8 Å². The van der Waals surface area contributed by atoms with E-state index in [1.807, 2.05) is 55.5 Å². The summed E-state index contributed by atoms with van der Waals surface area (Å²) in [5, 5.41) is 9.15. The highest BCUT2D eigenvalue weighted by molar-refractivity contribution is 8.54. The number of pyridine rings is 1. The lowest BCUT2D eigenvalue weighted by molar-refractivity contribution is -0.118. The Kier molecular flexibility index (Phi) is 15.5. The van der Waals surface area contributed by atoms with Gasteiger partial charge in [-0.25, -0.2) is 47.7 Å². The second-order valence-corrected chi connectivity index (χ2v) is 26.5. The molecule has 86 heavy (non-hydrogen) atoms. The Labute approximate surface area is 492 Å². The number of anilines is 3. The quantitative estimate of drug-likeness (QED) is 0.0506. The summed E-state index contributed by atoms with van der Waals surface area (Å²) in [7, 11) is -3.11. The molecule has 4 aliphatic rings. The number of carbonyl (C=O) groups is 2. The Morgan fingerprint density at radius 3 is 2.17 bits per heavy atom. The molecule has 0 radical (unpaired) electrons. The van der Waals surface area contributed by atoms with Gasteiger partial charge in [0, 0.05) is 29.5 Å². The number of imidazole rings is 2. The van der Waals surface area contributed by atoms with E-state index in [0.29, 0.717) is 47.9 Å². The average molecular weight is 1230 g/mol. The maximum atomic E-state index is 17.1. The van der Waals surface area contributed by atoms with Crippen molar-refractivity contribution in [2.24, 2.45) is 0 Å². The number of aromatic nitrogens is 10. The van der Waals surface area contributed by atoms with E-state index >= 15 is 13.3 Å². The van der Waals surface area contributed by atoms with Crippen molar-refractivity contribution >= 4 is 84.6 Å². The van der Waals surface area contributed by atoms with Crippen molar-refractivity contribution in [1.82, 2.24) is 49.0 Å². The van der Waals surface area contributed by atoms with E-state index in [2.05, 4.69) is 35.2 Å². The van der Waals surface area contributed by atoms with Crippen molar-refractivity contribution in [2.75, 3.05) is 36.2 Å². The Morgan fingerprint density at radius 1 is 0.767 bits per heavy atom. The van der Waals surface area contributed by atoms with E-state index in [1.54, 1.807) is 58.1 Å². The first kappa shape index (κ1) is 57.1. The van der Waals surface area contributed by atoms with Crippen LogP contribution in [-0.4, -0.2) is 125 Å². The lowest BCUT2D eigenvalue weighted by atomic mass is 9.95. The van der Waals surface area contributed by atoms with Crippen molar-refractivity contribution in [3.8, 4) is 34.0 Å². The topological polar surface area (TPSA) is 302 Å². The summed E-state index contributed by atoms with van der Waals surface area (Å²) in [6, 6.07) is 29.9. The zero-order valence-electron chi connectivity index (χ0n) is 45.7. The van der Waals surface area contributed by atoms with Gasteiger partial charge in [-0.05, 0) is 71.0 Å². The number of carbonyl (C=O) groups excluding carboxylic acids is 2. The summed E-state index contributed by atoms with van der Waals surface area (Å²) >= 11 is 0.690. The molecule has 4 N–H and O–H groups in total. The molecule has 9 aromatic rings. The van der Waals surface area contributed by atoms with Gasteiger partial charge in [-0.15, -0.1) is 5.10 Å². The highest BCUT2D eigenvalue weighted by Gasteiger charge is 2.55. The SMILES string of the molecule is B[P@@]1(=O)OC[C@H]2O[C@@H](n3cnc4c(N)ccnc43)[C@H](F)[C@@H]2O[P@@](=O)(SCc2ccc(OC(=O)c3ccc(OCCn4nnc5c4-c4ccccc4N(C(=O)CC)Cc4ccccc4-5)cc3)cc2)OC[C@H]2O[C@@H](n3cnc4c(N)ncnc43)[C@H](F)[C@@H]2O1. The molecule has 25 nitrogen and oxygen atoms in total. The van der Waals surface area contributed by atoms with E-state index in [9.17, 15) is 14.2 Å². The first-order chi connectivity index (χ1) is 41.6. The van der Waals surface area contributed by atoms with Crippen LogP contribution in [0.15, 0.2) is 128 Å². The lowest BCUT2D eigenvalue weighted by Gasteiger charge is -2.30. The number of hydrogen-bond acceptors (Lipinski definition) is 22. The van der Waals surface area contributed by atoms with Crippen LogP contribution in [0.3, 0.4) is 0 Å². The number of nitrogens with two attached hydrogens (primary N) is 2. The molecule has 13 rings (SSSR count). The van der Waals surface area contributed by atoms with E-state index in [0.717, 1.165) is 35.6 Å². The predicted molar refractivity (Wildman–Crippen MR) is 312 cm³/mol. The fourth-order valence-corrected chi connectivity index (χ4v) is 15.3. The molecular weight excluding hydrogens is 1180 g/mol. The maximum Gasteiger partial charge on any atom is 0.389 e. The molecule has 10 atom stereocenters. The van der Waals surface area contributed by atoms with Crippen molar-refractivity contribution in [3.05, 3.63) is 145 Å². The first-order valence-corrected chi connectivity index (χ1v) is 32.3. The number of amides is 1. The van der Waals surface area contributed by atoms with Crippen LogP contribution in [0.1, 0.15) is 47.3 Å². The number of alkyl halides is 2. The number of rotatable bonds is 12. The number of nitrogens with zero attached hydrogens (tertiary/aromatic N) is 11. The fraction of sp³-hybridized carbons (Fsp3) is 0.291. The number of ether oxygens (including phenoxy) is 4. The van der Waals surface area contributed by atoms with E-state index in [-0.39, 0.29) is 63.4 Å². The number of nitrogen functional groups attached to an aromatic ring is 2. The fourth-order valence-electron chi connectivity index (χ4n) is 10.7. The summed E-state index contributed by atoms with van der Waals surface area (Å²) in [6.45, 7) is -3.13. The van der Waals surface area contributed by atoms with Crippen molar-refractivity contribution < 1.29 is 64.5 Å². The van der Waals surface area contributed by atoms with E-state index < -0.39 is 82.7 Å². The zero-order chi connectivity index (χ0) is 59.4. The minimum Gasteiger partial charge on any atom is -0.492 e. The van der Waals surface area contributed by atoms with Gasteiger partial charge in [-0.3, -0.25) is 27.5 Å². The third kappa shape index (κ3) is 11.0. The van der Waals surface area contributed by atoms with Crippen LogP contribution in [-0.2, 0) is 60.3 Å². The summed E-state index contributed by atoms with van der Waals surface area (Å²) in [5.74, 6) is -0.0153. The molecule has 4 aromatic carbocycles. The van der Waals surface area contributed by atoms with Gasteiger partial charge in [-0.1, -0.05) is 66.7 Å². The number of esters is 1. The third-order valence-corrected chi connectivity index (χ3v) is 19.9. The van der Waals surface area contributed by atoms with Gasteiger partial charge < -0.3 is 44.4 Å². The Balaban J connectivity index is 0.689. The molecule has 3 fully saturated rings. The Hall–Kier alpha value is -7.98. The smallest absolute Gasteiger partial charge is 0.389 e. The van der Waals surface area contributed by atoms with Gasteiger partial charge in [0.05, 0.1) is 61.6 Å². The molecule has 0 bridgehead atoms. The number of fused-ring (bicyclic) bond motifs is 9. The minimum atomic E-state index is -4.58. The van der Waals surface area contributed by atoms with E-state index in [4.69, 9.17) is 48.5 Å². The molecule has 9 heterocycles. The first-order valence-electron chi connectivity index (χ1n) is 27.1. The molecule has 0 unspecified atom stereocenters. The van der Waals surface area contributed by atoms with Crippen LogP contribution in [0.4, 0.5) is 26.0 Å². The van der Waals surface area contributed by atoms with Gasteiger partial charge in [0.1, 0.15) is 65.6 Å². The van der Waals surface area contributed by atoms with Gasteiger partial charge >= 0.3 is 12.8 Å². The zero-order valence-corrected chi connectivity index (χ0v) is 48.3. The van der Waals surface area contributed by atoms with Gasteiger partial charge in [0.2, 0.25) is 5.91 Å². The Bertz CT molecular complexity index is 4150. The Morgan fingerprint density at radius 2 is 1.43 bits per heavy atom. The van der Waals surface area contributed by atoms with Gasteiger partial charge in [0.25, 0.3) is 15.0 Å². The van der Waals surface area contributed by atoms with Crippen molar-refractivity contribution in [1.29, 1.82) is 0 Å². The van der Waals surface area contributed by atoms with Crippen LogP contribution >= 0.6 is 25.7 Å². The minimum absolute atomic E-state index is 0.00796.